The highest BCUT2D eigenvalue weighted by atomic mass is 16.2. The van der Waals surface area contributed by atoms with Crippen LogP contribution in [0.15, 0.2) is 24.3 Å². The molecular weight excluding hydrogens is 260 g/mol. The van der Waals surface area contributed by atoms with Gasteiger partial charge in [0.05, 0.1) is 6.04 Å². The van der Waals surface area contributed by atoms with Crippen molar-refractivity contribution in [3.05, 3.63) is 35.4 Å². The van der Waals surface area contributed by atoms with Gasteiger partial charge in [0, 0.05) is 13.1 Å². The summed E-state index contributed by atoms with van der Waals surface area (Å²) in [7, 11) is 0. The van der Waals surface area contributed by atoms with Gasteiger partial charge in [-0.1, -0.05) is 45.0 Å². The van der Waals surface area contributed by atoms with Crippen LogP contribution in [0.1, 0.15) is 50.8 Å². The van der Waals surface area contributed by atoms with E-state index in [2.05, 4.69) is 57.3 Å². The molecule has 1 fully saturated rings. The van der Waals surface area contributed by atoms with Crippen molar-refractivity contribution in [1.29, 1.82) is 0 Å². The second-order valence-corrected chi connectivity index (χ2v) is 6.83. The molecule has 1 heterocycles. The fourth-order valence-corrected chi connectivity index (χ4v) is 3.07. The lowest BCUT2D eigenvalue weighted by Crippen LogP contribution is -2.40. The van der Waals surface area contributed by atoms with Crippen molar-refractivity contribution in [1.82, 2.24) is 10.2 Å². The lowest BCUT2D eigenvalue weighted by atomic mass is 9.94. The van der Waals surface area contributed by atoms with Crippen LogP contribution in [0.5, 0.6) is 0 Å². The Hall–Kier alpha value is -1.51. The van der Waals surface area contributed by atoms with Gasteiger partial charge < -0.3 is 10.2 Å². The Bertz CT molecular complexity index is 484. The van der Waals surface area contributed by atoms with Crippen molar-refractivity contribution in [3.63, 3.8) is 0 Å². The maximum atomic E-state index is 12.5. The second-order valence-electron chi connectivity index (χ2n) is 6.83. The summed E-state index contributed by atoms with van der Waals surface area (Å²) in [5.41, 5.74) is 2.49. The molecule has 21 heavy (non-hydrogen) atoms. The molecule has 1 aromatic rings. The van der Waals surface area contributed by atoms with E-state index in [1.165, 1.54) is 11.1 Å². The van der Waals surface area contributed by atoms with Gasteiger partial charge >= 0.3 is 6.03 Å². The average molecular weight is 288 g/mol. The molecule has 1 saturated heterocycles. The van der Waals surface area contributed by atoms with Crippen LogP contribution >= 0.6 is 0 Å². The molecule has 116 valence electrons. The number of carbonyl (C=O) groups is 1. The molecule has 3 nitrogen and oxygen atoms in total. The Balaban J connectivity index is 2.10. The SMILES string of the molecule is Cc1ccccc1C(CC(C)C)NC(=O)N1CCC(C)C1. The summed E-state index contributed by atoms with van der Waals surface area (Å²) in [5, 5.41) is 3.25. The first-order valence-corrected chi connectivity index (χ1v) is 8.08. The van der Waals surface area contributed by atoms with Crippen LogP contribution in [0.2, 0.25) is 0 Å². The first-order chi connectivity index (χ1) is 9.97. The third-order valence-electron chi connectivity index (χ3n) is 4.28. The first-order valence-electron chi connectivity index (χ1n) is 8.08. The summed E-state index contributed by atoms with van der Waals surface area (Å²) in [6.07, 6.45) is 2.09. The second kappa shape index (κ2) is 6.97. The molecule has 1 aliphatic rings. The minimum atomic E-state index is 0.0910. The molecule has 0 spiro atoms. The third kappa shape index (κ3) is 4.23. The predicted molar refractivity (Wildman–Crippen MR) is 87.3 cm³/mol. The molecule has 2 unspecified atom stereocenters. The zero-order valence-corrected chi connectivity index (χ0v) is 13.7. The summed E-state index contributed by atoms with van der Waals surface area (Å²) in [6, 6.07) is 8.56. The number of amides is 2. The van der Waals surface area contributed by atoms with E-state index in [4.69, 9.17) is 0 Å². The largest absolute Gasteiger partial charge is 0.331 e. The van der Waals surface area contributed by atoms with E-state index in [0.717, 1.165) is 25.9 Å². The highest BCUT2D eigenvalue weighted by molar-refractivity contribution is 5.75. The number of rotatable bonds is 4. The minimum Gasteiger partial charge on any atom is -0.331 e. The van der Waals surface area contributed by atoms with Crippen LogP contribution < -0.4 is 5.32 Å². The number of urea groups is 1. The minimum absolute atomic E-state index is 0.0910. The Labute approximate surface area is 128 Å². The van der Waals surface area contributed by atoms with Gasteiger partial charge in [-0.05, 0) is 42.7 Å². The molecule has 1 aromatic carbocycles. The fraction of sp³-hybridized carbons (Fsp3) is 0.611. The van der Waals surface area contributed by atoms with Gasteiger partial charge in [0.25, 0.3) is 0 Å². The van der Waals surface area contributed by atoms with E-state index < -0.39 is 0 Å². The smallest absolute Gasteiger partial charge is 0.317 e. The highest BCUT2D eigenvalue weighted by Crippen LogP contribution is 2.25. The van der Waals surface area contributed by atoms with E-state index in [9.17, 15) is 4.79 Å². The van der Waals surface area contributed by atoms with E-state index in [1.54, 1.807) is 0 Å². The summed E-state index contributed by atoms with van der Waals surface area (Å²) < 4.78 is 0. The van der Waals surface area contributed by atoms with E-state index in [-0.39, 0.29) is 12.1 Å². The van der Waals surface area contributed by atoms with E-state index in [1.807, 2.05) is 4.90 Å². The number of aryl methyl sites for hydroxylation is 1. The average Bonchev–Trinajstić information content (AvgIpc) is 2.85. The number of benzene rings is 1. The highest BCUT2D eigenvalue weighted by Gasteiger charge is 2.26. The van der Waals surface area contributed by atoms with Crippen molar-refractivity contribution in [3.8, 4) is 0 Å². The van der Waals surface area contributed by atoms with Crippen LogP contribution in [0.3, 0.4) is 0 Å². The molecule has 0 saturated carbocycles. The van der Waals surface area contributed by atoms with Gasteiger partial charge in [-0.25, -0.2) is 4.79 Å². The first kappa shape index (κ1) is 15.9. The molecular formula is C18H28N2O. The van der Waals surface area contributed by atoms with Gasteiger partial charge in [0.15, 0.2) is 0 Å². The maximum Gasteiger partial charge on any atom is 0.317 e. The Morgan fingerprint density at radius 3 is 2.67 bits per heavy atom. The van der Waals surface area contributed by atoms with Crippen LogP contribution in [0, 0.1) is 18.8 Å². The molecule has 0 radical (unpaired) electrons. The molecule has 0 aliphatic carbocycles. The van der Waals surface area contributed by atoms with Crippen LogP contribution in [0.25, 0.3) is 0 Å². The third-order valence-corrected chi connectivity index (χ3v) is 4.28. The van der Waals surface area contributed by atoms with Gasteiger partial charge in [0.2, 0.25) is 0 Å². The summed E-state index contributed by atoms with van der Waals surface area (Å²) in [5.74, 6) is 1.17. The quantitative estimate of drug-likeness (QED) is 0.887. The number of nitrogens with one attached hydrogen (secondary N) is 1. The molecule has 3 heteroatoms. The molecule has 2 amide bonds. The van der Waals surface area contributed by atoms with Crippen molar-refractivity contribution in [2.24, 2.45) is 11.8 Å². The summed E-state index contributed by atoms with van der Waals surface area (Å²) in [4.78, 5) is 14.4. The van der Waals surface area contributed by atoms with Crippen LogP contribution in [-0.4, -0.2) is 24.0 Å². The summed E-state index contributed by atoms with van der Waals surface area (Å²) >= 11 is 0. The van der Waals surface area contributed by atoms with Gasteiger partial charge in [-0.2, -0.15) is 0 Å². The van der Waals surface area contributed by atoms with Crippen LogP contribution in [0.4, 0.5) is 4.79 Å². The van der Waals surface area contributed by atoms with Gasteiger partial charge in [-0.3, -0.25) is 0 Å². The lowest BCUT2D eigenvalue weighted by molar-refractivity contribution is 0.201. The monoisotopic (exact) mass is 288 g/mol. The molecule has 1 N–H and O–H groups in total. The van der Waals surface area contributed by atoms with Gasteiger partial charge in [-0.15, -0.1) is 0 Å². The lowest BCUT2D eigenvalue weighted by Gasteiger charge is -2.26. The molecule has 2 atom stereocenters. The predicted octanol–water partition coefficient (Wildman–Crippen LogP) is 4.13. The molecule has 1 aliphatic heterocycles. The molecule has 2 rings (SSSR count). The number of hydrogen-bond donors (Lipinski definition) is 1. The topological polar surface area (TPSA) is 32.3 Å². The summed E-state index contributed by atoms with van der Waals surface area (Å²) in [6.45, 7) is 10.5. The number of nitrogens with zero attached hydrogens (tertiary/aromatic N) is 1. The zero-order valence-electron chi connectivity index (χ0n) is 13.7. The zero-order chi connectivity index (χ0) is 15.4. The number of carbonyl (C=O) groups excluding carboxylic acids is 1. The van der Waals surface area contributed by atoms with Crippen molar-refractivity contribution < 1.29 is 4.79 Å². The van der Waals surface area contributed by atoms with Crippen molar-refractivity contribution in [2.45, 2.75) is 46.6 Å². The number of likely N-dealkylation sites (tertiary alicyclic amines) is 1. The fourth-order valence-electron chi connectivity index (χ4n) is 3.07. The normalized spacial score (nSPS) is 19.9. The number of hydrogen-bond acceptors (Lipinski definition) is 1. The van der Waals surface area contributed by atoms with Crippen LogP contribution in [-0.2, 0) is 0 Å². The maximum absolute atomic E-state index is 12.5. The molecule has 0 aromatic heterocycles. The Kier molecular flexibility index (Phi) is 5.27. The van der Waals surface area contributed by atoms with Crippen molar-refractivity contribution >= 4 is 6.03 Å². The van der Waals surface area contributed by atoms with Crippen molar-refractivity contribution in [2.75, 3.05) is 13.1 Å². The van der Waals surface area contributed by atoms with E-state index >= 15 is 0 Å². The van der Waals surface area contributed by atoms with E-state index in [0.29, 0.717) is 11.8 Å². The Morgan fingerprint density at radius 2 is 2.10 bits per heavy atom. The van der Waals surface area contributed by atoms with Gasteiger partial charge in [0.1, 0.15) is 0 Å². The molecule has 0 bridgehead atoms. The Morgan fingerprint density at radius 1 is 1.38 bits per heavy atom. The standard InChI is InChI=1S/C18H28N2O/c1-13(2)11-17(16-8-6-5-7-15(16)4)19-18(21)20-10-9-14(3)12-20/h5-8,13-14,17H,9-12H2,1-4H3,(H,19,21).